The monoisotopic (exact) mass is 245 g/mol. The van der Waals surface area contributed by atoms with Crippen LogP contribution in [0.25, 0.3) is 0 Å². The molecule has 3 N–H and O–H groups in total. The Morgan fingerprint density at radius 2 is 1.89 bits per heavy atom. The third kappa shape index (κ3) is 2.68. The van der Waals surface area contributed by atoms with Crippen LogP contribution >= 0.6 is 0 Å². The molecule has 3 heteroatoms. The lowest BCUT2D eigenvalue weighted by atomic mass is 9.86. The molecule has 0 aliphatic heterocycles. The Labute approximate surface area is 106 Å². The Hall–Kier alpha value is -1.87. The number of hydrogen-bond donors (Lipinski definition) is 2. The van der Waals surface area contributed by atoms with Crippen LogP contribution in [-0.2, 0) is 12.0 Å². The minimum absolute atomic E-state index is 0.192. The predicted molar refractivity (Wildman–Crippen MR) is 69.8 cm³/mol. The number of nitrogens with two attached hydrogens (primary N) is 1. The second kappa shape index (κ2) is 4.78. The Kier molecular flexibility index (Phi) is 3.34. The van der Waals surface area contributed by atoms with Crippen molar-refractivity contribution in [3.8, 4) is 5.75 Å². The summed E-state index contributed by atoms with van der Waals surface area (Å²) in [4.78, 5) is 0. The molecule has 0 saturated heterocycles. The van der Waals surface area contributed by atoms with E-state index < -0.39 is 5.54 Å². The zero-order chi connectivity index (χ0) is 13.2. The molecule has 0 fully saturated rings. The normalized spacial score (nSPS) is 14.2. The van der Waals surface area contributed by atoms with Gasteiger partial charge in [0.15, 0.2) is 0 Å². The van der Waals surface area contributed by atoms with E-state index in [0.29, 0.717) is 12.0 Å². The quantitative estimate of drug-likeness (QED) is 0.873. The Morgan fingerprint density at radius 1 is 1.17 bits per heavy atom. The molecule has 0 amide bonds. The number of phenolic OH excluding ortho intramolecular Hbond substituents is 1. The van der Waals surface area contributed by atoms with Crippen LogP contribution in [0.15, 0.2) is 48.5 Å². The topological polar surface area (TPSA) is 46.2 Å². The number of benzene rings is 2. The molecule has 0 bridgehead atoms. The Balaban J connectivity index is 2.30. The summed E-state index contributed by atoms with van der Waals surface area (Å²) in [6.45, 7) is 1.79. The van der Waals surface area contributed by atoms with Crippen molar-refractivity contribution in [1.82, 2.24) is 0 Å². The number of halogens is 1. The van der Waals surface area contributed by atoms with Crippen LogP contribution in [0.4, 0.5) is 4.39 Å². The van der Waals surface area contributed by atoms with E-state index >= 15 is 0 Å². The fraction of sp³-hybridized carbons (Fsp3) is 0.200. The summed E-state index contributed by atoms with van der Waals surface area (Å²) in [5, 5.41) is 9.42. The van der Waals surface area contributed by atoms with Gasteiger partial charge in [-0.1, -0.05) is 30.3 Å². The molecule has 0 saturated carbocycles. The van der Waals surface area contributed by atoms with Gasteiger partial charge in [-0.25, -0.2) is 4.39 Å². The maximum atomic E-state index is 13.7. The van der Waals surface area contributed by atoms with Gasteiger partial charge in [-0.2, -0.15) is 0 Å². The van der Waals surface area contributed by atoms with E-state index in [4.69, 9.17) is 5.73 Å². The van der Waals surface area contributed by atoms with Gasteiger partial charge in [-0.15, -0.1) is 0 Å². The molecular formula is C15H16FNO. The van der Waals surface area contributed by atoms with Gasteiger partial charge in [0.25, 0.3) is 0 Å². The summed E-state index contributed by atoms with van der Waals surface area (Å²) in [6, 6.07) is 13.4. The summed E-state index contributed by atoms with van der Waals surface area (Å²) < 4.78 is 13.7. The molecule has 0 aromatic heterocycles. The van der Waals surface area contributed by atoms with Gasteiger partial charge in [-0.05, 0) is 37.1 Å². The molecule has 18 heavy (non-hydrogen) atoms. The van der Waals surface area contributed by atoms with Crippen molar-refractivity contribution >= 4 is 0 Å². The highest BCUT2D eigenvalue weighted by molar-refractivity contribution is 5.32. The van der Waals surface area contributed by atoms with E-state index in [1.165, 1.54) is 6.07 Å². The summed E-state index contributed by atoms with van der Waals surface area (Å²) in [5.74, 6) is -0.112. The molecule has 0 spiro atoms. The Bertz CT molecular complexity index is 552. The van der Waals surface area contributed by atoms with E-state index in [1.807, 2.05) is 6.07 Å². The lowest BCUT2D eigenvalue weighted by molar-refractivity contribution is 0.452. The summed E-state index contributed by atoms with van der Waals surface area (Å²) in [5.41, 5.74) is 6.75. The Morgan fingerprint density at radius 3 is 2.56 bits per heavy atom. The first-order valence-corrected chi connectivity index (χ1v) is 5.81. The van der Waals surface area contributed by atoms with Gasteiger partial charge in [0.05, 0.1) is 0 Å². The molecule has 1 unspecified atom stereocenters. The molecule has 1 atom stereocenters. The zero-order valence-corrected chi connectivity index (χ0v) is 10.2. The van der Waals surface area contributed by atoms with Crippen LogP contribution in [0.3, 0.4) is 0 Å². The number of rotatable bonds is 3. The minimum atomic E-state index is -0.806. The molecule has 2 nitrogen and oxygen atoms in total. The largest absolute Gasteiger partial charge is 0.508 e. The van der Waals surface area contributed by atoms with Crippen molar-refractivity contribution in [3.63, 3.8) is 0 Å². The average molecular weight is 245 g/mol. The van der Waals surface area contributed by atoms with E-state index in [1.54, 1.807) is 43.3 Å². The molecule has 0 aliphatic carbocycles. The van der Waals surface area contributed by atoms with Crippen LogP contribution < -0.4 is 5.73 Å². The van der Waals surface area contributed by atoms with Gasteiger partial charge in [-0.3, -0.25) is 0 Å². The highest BCUT2D eigenvalue weighted by atomic mass is 19.1. The highest BCUT2D eigenvalue weighted by Gasteiger charge is 2.24. The van der Waals surface area contributed by atoms with Crippen molar-refractivity contribution < 1.29 is 9.50 Å². The summed E-state index contributed by atoms with van der Waals surface area (Å²) in [7, 11) is 0. The number of phenols is 1. The van der Waals surface area contributed by atoms with Gasteiger partial charge < -0.3 is 10.8 Å². The van der Waals surface area contributed by atoms with Crippen molar-refractivity contribution in [2.75, 3.05) is 0 Å². The van der Waals surface area contributed by atoms with E-state index in [2.05, 4.69) is 0 Å². The first kappa shape index (κ1) is 12.6. The average Bonchev–Trinajstić information content (AvgIpc) is 2.28. The third-order valence-corrected chi connectivity index (χ3v) is 2.97. The summed E-state index contributed by atoms with van der Waals surface area (Å²) >= 11 is 0. The smallest absolute Gasteiger partial charge is 0.128 e. The van der Waals surface area contributed by atoms with E-state index in [0.717, 1.165) is 5.56 Å². The SMILES string of the molecule is CC(N)(Cc1cccc(O)c1)c1ccccc1F. The lowest BCUT2D eigenvalue weighted by Crippen LogP contribution is -2.36. The fourth-order valence-corrected chi connectivity index (χ4v) is 2.11. The van der Waals surface area contributed by atoms with Crippen LogP contribution in [0, 0.1) is 5.82 Å². The van der Waals surface area contributed by atoms with E-state index in [-0.39, 0.29) is 11.6 Å². The molecular weight excluding hydrogens is 229 g/mol. The summed E-state index contributed by atoms with van der Waals surface area (Å²) in [6.07, 6.45) is 0.461. The number of aromatic hydroxyl groups is 1. The molecule has 0 aliphatic rings. The predicted octanol–water partition coefficient (Wildman–Crippen LogP) is 2.95. The van der Waals surface area contributed by atoms with Gasteiger partial charge >= 0.3 is 0 Å². The van der Waals surface area contributed by atoms with Crippen LogP contribution in [0.5, 0.6) is 5.75 Å². The van der Waals surface area contributed by atoms with Crippen LogP contribution in [0.1, 0.15) is 18.1 Å². The van der Waals surface area contributed by atoms with Crippen molar-refractivity contribution in [1.29, 1.82) is 0 Å². The molecule has 0 radical (unpaired) electrons. The standard InChI is InChI=1S/C15H16FNO/c1-15(17,13-7-2-3-8-14(13)16)10-11-5-4-6-12(18)9-11/h2-9,18H,10,17H2,1H3. The maximum absolute atomic E-state index is 13.7. The van der Waals surface area contributed by atoms with E-state index in [9.17, 15) is 9.50 Å². The molecule has 0 heterocycles. The lowest BCUT2D eigenvalue weighted by Gasteiger charge is -2.26. The van der Waals surface area contributed by atoms with Gasteiger partial charge in [0, 0.05) is 11.1 Å². The fourth-order valence-electron chi connectivity index (χ4n) is 2.11. The molecule has 2 rings (SSSR count). The number of hydrogen-bond acceptors (Lipinski definition) is 2. The van der Waals surface area contributed by atoms with Gasteiger partial charge in [0.1, 0.15) is 11.6 Å². The first-order chi connectivity index (χ1) is 8.49. The van der Waals surface area contributed by atoms with Crippen molar-refractivity contribution in [3.05, 3.63) is 65.5 Å². The van der Waals surface area contributed by atoms with Crippen molar-refractivity contribution in [2.24, 2.45) is 5.73 Å². The second-order valence-corrected chi connectivity index (χ2v) is 4.74. The van der Waals surface area contributed by atoms with Crippen molar-refractivity contribution in [2.45, 2.75) is 18.9 Å². The molecule has 94 valence electrons. The van der Waals surface area contributed by atoms with Gasteiger partial charge in [0.2, 0.25) is 0 Å². The maximum Gasteiger partial charge on any atom is 0.128 e. The second-order valence-electron chi connectivity index (χ2n) is 4.74. The molecule has 2 aromatic rings. The van der Waals surface area contributed by atoms with Crippen LogP contribution in [0.2, 0.25) is 0 Å². The first-order valence-electron chi connectivity index (χ1n) is 5.81. The van der Waals surface area contributed by atoms with Crippen LogP contribution in [-0.4, -0.2) is 5.11 Å². The minimum Gasteiger partial charge on any atom is -0.508 e. The molecule has 2 aromatic carbocycles. The third-order valence-electron chi connectivity index (χ3n) is 2.97. The zero-order valence-electron chi connectivity index (χ0n) is 10.2. The highest BCUT2D eigenvalue weighted by Crippen LogP contribution is 2.26.